The normalized spacial score (nSPS) is 40.5. The van der Waals surface area contributed by atoms with E-state index in [0.29, 0.717) is 17.6 Å². The van der Waals surface area contributed by atoms with E-state index in [1.54, 1.807) is 12.2 Å². The maximum Gasteiger partial charge on any atom is 0.303 e. The van der Waals surface area contributed by atoms with Crippen LogP contribution in [0.15, 0.2) is 23.8 Å². The second-order valence-electron chi connectivity index (χ2n) is 15.6. The highest BCUT2D eigenvalue weighted by Gasteiger charge is 2.61. The van der Waals surface area contributed by atoms with Crippen LogP contribution in [0.1, 0.15) is 113 Å². The lowest BCUT2D eigenvalue weighted by Gasteiger charge is -2.57. The van der Waals surface area contributed by atoms with Gasteiger partial charge >= 0.3 is 11.9 Å². The Kier molecular flexibility index (Phi) is 10.2. The third-order valence-electron chi connectivity index (χ3n) is 12.3. The minimum atomic E-state index is -0.646. The van der Waals surface area contributed by atoms with Gasteiger partial charge in [0.05, 0.1) is 6.10 Å². The van der Waals surface area contributed by atoms with Crippen LogP contribution in [0.4, 0.5) is 0 Å². The van der Waals surface area contributed by atoms with Crippen LogP contribution in [0, 0.1) is 46.3 Å². The molecule has 246 valence electrons. The molecule has 5 rings (SSSR count). The lowest BCUT2D eigenvalue weighted by molar-refractivity contribution is -0.213. The molecule has 0 aromatic carbocycles. The van der Waals surface area contributed by atoms with E-state index in [2.05, 4.69) is 34.6 Å². The molecule has 7 heteroatoms. The molecule has 0 radical (unpaired) electrons. The predicted octanol–water partition coefficient (Wildman–Crippen LogP) is 7.37. The maximum absolute atomic E-state index is 14.0. The Bertz CT molecular complexity index is 1140. The molecule has 5 aliphatic rings. The molecular weight excluding hydrogens is 556 g/mol. The van der Waals surface area contributed by atoms with Crippen LogP contribution in [-0.4, -0.2) is 48.9 Å². The first kappa shape index (κ1) is 33.4. The molecule has 0 saturated heterocycles. The number of hydrogen-bond donors (Lipinski definition) is 0. The van der Waals surface area contributed by atoms with Crippen molar-refractivity contribution < 1.29 is 33.3 Å². The molecule has 4 aliphatic carbocycles. The molecule has 7 nitrogen and oxygen atoms in total. The number of ether oxygens (including phenoxy) is 4. The zero-order chi connectivity index (χ0) is 31.8. The van der Waals surface area contributed by atoms with Crippen molar-refractivity contribution in [3.05, 3.63) is 23.8 Å². The Morgan fingerprint density at radius 1 is 0.977 bits per heavy atom. The minimum absolute atomic E-state index is 0.0272. The molecule has 0 bridgehead atoms. The van der Waals surface area contributed by atoms with Crippen molar-refractivity contribution in [3.8, 4) is 0 Å². The highest BCUT2D eigenvalue weighted by atomic mass is 16.7. The van der Waals surface area contributed by atoms with Gasteiger partial charge in [0.15, 0.2) is 12.1 Å². The van der Waals surface area contributed by atoms with Gasteiger partial charge in [-0.1, -0.05) is 59.5 Å². The van der Waals surface area contributed by atoms with Crippen molar-refractivity contribution in [2.75, 3.05) is 6.61 Å². The molecule has 44 heavy (non-hydrogen) atoms. The van der Waals surface area contributed by atoms with E-state index in [1.165, 1.54) is 57.9 Å². The number of allylic oxidation sites excluding steroid dienone is 1. The second-order valence-corrected chi connectivity index (χ2v) is 15.6. The van der Waals surface area contributed by atoms with Gasteiger partial charge in [0.2, 0.25) is 0 Å². The number of hydrogen-bond acceptors (Lipinski definition) is 7. The van der Waals surface area contributed by atoms with E-state index >= 15 is 0 Å². The number of fused-ring (bicyclic) bond motifs is 5. The zero-order valence-electron chi connectivity index (χ0n) is 28.1. The summed E-state index contributed by atoms with van der Waals surface area (Å²) < 4.78 is 23.0. The summed E-state index contributed by atoms with van der Waals surface area (Å²) in [4.78, 5) is 37.0. The van der Waals surface area contributed by atoms with Gasteiger partial charge in [-0.3, -0.25) is 14.4 Å². The largest absolute Gasteiger partial charge is 0.463 e. The van der Waals surface area contributed by atoms with E-state index in [4.69, 9.17) is 18.9 Å². The van der Waals surface area contributed by atoms with Crippen LogP contribution in [0.2, 0.25) is 0 Å². The van der Waals surface area contributed by atoms with E-state index in [-0.39, 0.29) is 29.5 Å². The van der Waals surface area contributed by atoms with Gasteiger partial charge in [-0.05, 0) is 104 Å². The summed E-state index contributed by atoms with van der Waals surface area (Å²) in [6, 6.07) is 0. The summed E-state index contributed by atoms with van der Waals surface area (Å²) in [5, 5.41) is 0. The van der Waals surface area contributed by atoms with Crippen molar-refractivity contribution in [1.29, 1.82) is 0 Å². The smallest absolute Gasteiger partial charge is 0.303 e. The van der Waals surface area contributed by atoms with Gasteiger partial charge in [-0.15, -0.1) is 0 Å². The highest BCUT2D eigenvalue weighted by molar-refractivity contribution is 5.94. The van der Waals surface area contributed by atoms with E-state index < -0.39 is 30.4 Å². The second kappa shape index (κ2) is 13.4. The molecule has 1 aliphatic heterocycles. The monoisotopic (exact) mass is 612 g/mol. The van der Waals surface area contributed by atoms with Gasteiger partial charge in [-0.25, -0.2) is 0 Å². The Hall–Kier alpha value is -1.99. The van der Waals surface area contributed by atoms with Gasteiger partial charge in [0, 0.05) is 19.8 Å². The predicted molar refractivity (Wildman–Crippen MR) is 168 cm³/mol. The lowest BCUT2D eigenvalue weighted by Crippen LogP contribution is -2.54. The number of rotatable bonds is 10. The van der Waals surface area contributed by atoms with E-state index in [9.17, 15) is 14.4 Å². The van der Waals surface area contributed by atoms with Crippen molar-refractivity contribution in [2.24, 2.45) is 46.3 Å². The molecule has 3 fully saturated rings. The van der Waals surface area contributed by atoms with Crippen LogP contribution in [0.3, 0.4) is 0 Å². The van der Waals surface area contributed by atoms with Gasteiger partial charge in [0.25, 0.3) is 0 Å². The molecule has 0 N–H and O–H groups in total. The number of esters is 2. The highest BCUT2D eigenvalue weighted by Crippen LogP contribution is 2.66. The average molecular weight is 613 g/mol. The van der Waals surface area contributed by atoms with Gasteiger partial charge in [0.1, 0.15) is 18.8 Å². The summed E-state index contributed by atoms with van der Waals surface area (Å²) in [6.07, 6.45) is 14.9. The van der Waals surface area contributed by atoms with Crippen molar-refractivity contribution in [1.82, 2.24) is 0 Å². The van der Waals surface area contributed by atoms with Crippen LogP contribution >= 0.6 is 0 Å². The molecule has 0 amide bonds. The third-order valence-corrected chi connectivity index (χ3v) is 12.3. The summed E-state index contributed by atoms with van der Waals surface area (Å²) in [7, 11) is 0. The Labute approximate surface area is 264 Å². The number of ketones is 1. The lowest BCUT2D eigenvalue weighted by atomic mass is 9.46. The molecular formula is C37H56O7. The molecule has 11 atom stereocenters. The van der Waals surface area contributed by atoms with Gasteiger partial charge < -0.3 is 18.9 Å². The van der Waals surface area contributed by atoms with Gasteiger partial charge in [-0.2, -0.15) is 0 Å². The van der Waals surface area contributed by atoms with Crippen LogP contribution < -0.4 is 0 Å². The molecule has 0 spiro atoms. The summed E-state index contributed by atoms with van der Waals surface area (Å²) in [5.41, 5.74) is 1.55. The molecule has 1 heterocycles. The van der Waals surface area contributed by atoms with Crippen LogP contribution in [0.5, 0.6) is 0 Å². The van der Waals surface area contributed by atoms with Crippen LogP contribution in [0.25, 0.3) is 0 Å². The number of carbonyl (C=O) groups excluding carboxylic acids is 3. The van der Waals surface area contributed by atoms with Crippen molar-refractivity contribution in [3.63, 3.8) is 0 Å². The summed E-state index contributed by atoms with van der Waals surface area (Å²) in [5.74, 6) is 2.77. The number of carbonyl (C=O) groups is 3. The Morgan fingerprint density at radius 2 is 1.75 bits per heavy atom. The maximum atomic E-state index is 14.0. The molecule has 3 saturated carbocycles. The van der Waals surface area contributed by atoms with Crippen molar-refractivity contribution in [2.45, 2.75) is 137 Å². The first-order valence-corrected chi connectivity index (χ1v) is 17.4. The average Bonchev–Trinajstić information content (AvgIpc) is 3.30. The first-order chi connectivity index (χ1) is 20.8. The van der Waals surface area contributed by atoms with Crippen LogP contribution in [-0.2, 0) is 33.3 Å². The topological polar surface area (TPSA) is 88.1 Å². The fraction of sp³-hybridized carbons (Fsp3) is 0.811. The fourth-order valence-corrected chi connectivity index (χ4v) is 10.0. The summed E-state index contributed by atoms with van der Waals surface area (Å²) >= 11 is 0. The third kappa shape index (κ3) is 6.74. The Balaban J connectivity index is 1.25. The minimum Gasteiger partial charge on any atom is -0.463 e. The Morgan fingerprint density at radius 3 is 2.45 bits per heavy atom. The summed E-state index contributed by atoms with van der Waals surface area (Å²) in [6.45, 7) is 14.7. The first-order valence-electron chi connectivity index (χ1n) is 17.4. The molecule has 0 unspecified atom stereocenters. The SMILES string of the molecule is CC(=O)OC[C@H]1O[C@H](O[C@H]2CC[C@@]3(C)C(=CC(=O)[C@H]4[C@@H]5CC[C@H]([C@H](C)CCCC(C)C)[C@@]5(C)CC[C@@H]43)C2)C=C[C@@H]1OC(C)=O. The zero-order valence-corrected chi connectivity index (χ0v) is 28.1. The van der Waals surface area contributed by atoms with E-state index in [0.717, 1.165) is 43.4 Å². The van der Waals surface area contributed by atoms with Crippen molar-refractivity contribution >= 4 is 17.7 Å². The quantitative estimate of drug-likeness (QED) is 0.188. The molecule has 0 aromatic heterocycles. The van der Waals surface area contributed by atoms with E-state index in [1.807, 2.05) is 6.08 Å². The fourth-order valence-electron chi connectivity index (χ4n) is 10.0. The standard InChI is InChI=1S/C37H56O7/c1-22(2)9-8-10-23(3)28-11-12-29-35-30(16-18-37(28,29)7)36(6)17-15-27(19-26(36)20-31(35)40)43-34-14-13-32(42-25(5)39)33(44-34)21-41-24(4)38/h13-14,20,22-23,27-30,32-35H,8-12,15-19,21H2,1-7H3/t23-,27+,28-,29+,30+,32+,33-,34+,35+,36+,37-/m1/s1. The molecule has 0 aromatic rings.